The minimum Gasteiger partial charge on any atom is -0.355 e. The highest BCUT2D eigenvalue weighted by molar-refractivity contribution is 7.10. The van der Waals surface area contributed by atoms with Crippen molar-refractivity contribution < 1.29 is 4.79 Å². The maximum absolute atomic E-state index is 12.8. The fourth-order valence-electron chi connectivity index (χ4n) is 4.35. The Kier molecular flexibility index (Phi) is 4.50. The monoisotopic (exact) mass is 396 g/mol. The van der Waals surface area contributed by atoms with Gasteiger partial charge in [0.2, 0.25) is 5.91 Å². The maximum Gasteiger partial charge on any atom is 0.223 e. The van der Waals surface area contributed by atoms with Crippen molar-refractivity contribution in [3.05, 3.63) is 34.5 Å². The zero-order chi connectivity index (χ0) is 19.1. The number of thiophene rings is 1. The molecule has 2 aliphatic heterocycles. The average molecular weight is 397 g/mol. The Hall–Kier alpha value is -2.48. The van der Waals surface area contributed by atoms with Crippen molar-refractivity contribution in [1.82, 2.24) is 24.4 Å². The van der Waals surface area contributed by atoms with Crippen molar-refractivity contribution in [1.29, 1.82) is 0 Å². The van der Waals surface area contributed by atoms with Crippen LogP contribution in [0.5, 0.6) is 0 Å². The molecule has 0 atom stereocenters. The number of piperidine rings is 1. The number of aryl methyl sites for hydroxylation is 1. The van der Waals surface area contributed by atoms with Crippen molar-refractivity contribution in [3.8, 4) is 0 Å². The molecule has 1 amide bonds. The van der Waals surface area contributed by atoms with Gasteiger partial charge in [-0.15, -0.1) is 11.3 Å². The van der Waals surface area contributed by atoms with E-state index >= 15 is 0 Å². The van der Waals surface area contributed by atoms with Gasteiger partial charge in [0.1, 0.15) is 6.33 Å². The maximum atomic E-state index is 12.8. The fourth-order valence-corrected chi connectivity index (χ4v) is 5.24. The summed E-state index contributed by atoms with van der Waals surface area (Å²) in [5.41, 5.74) is 3.06. The number of carbonyl (C=O) groups is 1. The van der Waals surface area contributed by atoms with Crippen LogP contribution in [0.2, 0.25) is 0 Å². The number of hydrogen-bond acceptors (Lipinski definition) is 6. The molecule has 1 fully saturated rings. The lowest BCUT2D eigenvalue weighted by molar-refractivity contribution is -0.133. The zero-order valence-corrected chi connectivity index (χ0v) is 16.9. The Labute approximate surface area is 168 Å². The average Bonchev–Trinajstić information content (AvgIpc) is 3.35. The van der Waals surface area contributed by atoms with E-state index in [0.717, 1.165) is 62.4 Å². The van der Waals surface area contributed by atoms with Crippen LogP contribution in [0.4, 0.5) is 5.82 Å². The predicted octanol–water partition coefficient (Wildman–Crippen LogP) is 2.62. The van der Waals surface area contributed by atoms with Gasteiger partial charge in [-0.1, -0.05) is 0 Å². The number of aromatic nitrogens is 4. The molecule has 0 saturated carbocycles. The lowest BCUT2D eigenvalue weighted by Crippen LogP contribution is -2.39. The van der Waals surface area contributed by atoms with Crippen molar-refractivity contribution in [3.63, 3.8) is 0 Å². The summed E-state index contributed by atoms with van der Waals surface area (Å²) in [6.45, 7) is 3.48. The number of hydrogen-bond donors (Lipinski definition) is 0. The molecular formula is C20H24N6OS. The summed E-state index contributed by atoms with van der Waals surface area (Å²) in [6.07, 6.45) is 7.10. The van der Waals surface area contributed by atoms with E-state index in [2.05, 4.69) is 31.3 Å². The minimum absolute atomic E-state index is 0.310. The molecule has 3 aromatic rings. The fraction of sp³-hybridized carbons (Fsp3) is 0.500. The molecule has 0 unspecified atom stereocenters. The Morgan fingerprint density at radius 1 is 1.21 bits per heavy atom. The molecule has 8 heteroatoms. The molecule has 7 nitrogen and oxygen atoms in total. The third-order valence-corrected chi connectivity index (χ3v) is 7.04. The van der Waals surface area contributed by atoms with Gasteiger partial charge in [-0.05, 0) is 42.2 Å². The molecule has 2 aliphatic rings. The number of amides is 1. The molecule has 0 aromatic carbocycles. The Morgan fingerprint density at radius 3 is 2.93 bits per heavy atom. The summed E-state index contributed by atoms with van der Waals surface area (Å²) in [4.78, 5) is 31.9. The summed E-state index contributed by atoms with van der Waals surface area (Å²) in [7, 11) is 1.95. The highest BCUT2D eigenvalue weighted by Crippen LogP contribution is 2.29. The number of nitrogens with zero attached hydrogens (tertiary/aromatic N) is 6. The van der Waals surface area contributed by atoms with Crippen LogP contribution in [0.15, 0.2) is 24.1 Å². The van der Waals surface area contributed by atoms with Crippen molar-refractivity contribution in [2.24, 2.45) is 13.0 Å². The first-order valence-corrected chi connectivity index (χ1v) is 10.8. The topological polar surface area (TPSA) is 67.2 Å². The van der Waals surface area contributed by atoms with Crippen LogP contribution in [-0.2, 0) is 24.8 Å². The van der Waals surface area contributed by atoms with E-state index in [9.17, 15) is 4.79 Å². The van der Waals surface area contributed by atoms with Gasteiger partial charge in [0.25, 0.3) is 0 Å². The first-order chi connectivity index (χ1) is 13.7. The quantitative estimate of drug-likeness (QED) is 0.681. The van der Waals surface area contributed by atoms with E-state index in [1.54, 1.807) is 12.7 Å². The van der Waals surface area contributed by atoms with E-state index in [-0.39, 0.29) is 0 Å². The van der Waals surface area contributed by atoms with E-state index in [1.807, 2.05) is 27.9 Å². The van der Waals surface area contributed by atoms with Gasteiger partial charge in [0, 0.05) is 44.5 Å². The first kappa shape index (κ1) is 17.6. The van der Waals surface area contributed by atoms with Gasteiger partial charge in [-0.25, -0.2) is 15.0 Å². The number of imidazole rings is 1. The molecule has 5 heterocycles. The lowest BCUT2D eigenvalue weighted by Gasteiger charge is -2.34. The van der Waals surface area contributed by atoms with E-state index in [0.29, 0.717) is 18.2 Å². The SMILES string of the molecule is Cn1cnc2c(N3CCC(CC(=O)N4CCc5sccc5C4)CC3)ncnc21. The second-order valence-electron chi connectivity index (χ2n) is 7.79. The zero-order valence-electron chi connectivity index (χ0n) is 16.0. The molecule has 0 radical (unpaired) electrons. The van der Waals surface area contributed by atoms with Crippen LogP contribution in [0.25, 0.3) is 11.2 Å². The molecule has 28 heavy (non-hydrogen) atoms. The first-order valence-electron chi connectivity index (χ1n) is 9.89. The molecule has 1 saturated heterocycles. The molecule has 0 bridgehead atoms. The van der Waals surface area contributed by atoms with E-state index in [4.69, 9.17) is 0 Å². The van der Waals surface area contributed by atoms with E-state index in [1.165, 1.54) is 10.4 Å². The highest BCUT2D eigenvalue weighted by atomic mass is 32.1. The highest BCUT2D eigenvalue weighted by Gasteiger charge is 2.27. The van der Waals surface area contributed by atoms with Crippen LogP contribution in [0.3, 0.4) is 0 Å². The van der Waals surface area contributed by atoms with E-state index < -0.39 is 0 Å². The summed E-state index contributed by atoms with van der Waals surface area (Å²) < 4.78 is 1.92. The van der Waals surface area contributed by atoms with Gasteiger partial charge in [-0.2, -0.15) is 0 Å². The second-order valence-corrected chi connectivity index (χ2v) is 8.79. The van der Waals surface area contributed by atoms with Crippen molar-refractivity contribution >= 4 is 34.2 Å². The van der Waals surface area contributed by atoms with Crippen LogP contribution in [-0.4, -0.2) is 50.0 Å². The number of rotatable bonds is 3. The molecule has 3 aromatic heterocycles. The largest absolute Gasteiger partial charge is 0.355 e. The van der Waals surface area contributed by atoms with Crippen molar-refractivity contribution in [2.75, 3.05) is 24.5 Å². The summed E-state index contributed by atoms with van der Waals surface area (Å²) in [6, 6.07) is 2.16. The second kappa shape index (κ2) is 7.16. The van der Waals surface area contributed by atoms with Crippen molar-refractivity contribution in [2.45, 2.75) is 32.2 Å². The predicted molar refractivity (Wildman–Crippen MR) is 109 cm³/mol. The van der Waals surface area contributed by atoms with Crippen LogP contribution < -0.4 is 4.90 Å². The normalized spacial score (nSPS) is 17.9. The minimum atomic E-state index is 0.310. The van der Waals surface area contributed by atoms with Gasteiger partial charge in [0.05, 0.1) is 6.33 Å². The Bertz CT molecular complexity index is 1000. The van der Waals surface area contributed by atoms with Crippen LogP contribution in [0.1, 0.15) is 29.7 Å². The molecule has 146 valence electrons. The number of anilines is 1. The standard InChI is InChI=1S/C20H24N6OS/c1-24-13-23-18-19(24)21-12-22-20(18)25-6-2-14(3-7-25)10-17(27)26-8-4-16-15(11-26)5-9-28-16/h5,9,12-14H,2-4,6-8,10-11H2,1H3. The van der Waals surface area contributed by atoms with Gasteiger partial charge < -0.3 is 14.4 Å². The smallest absolute Gasteiger partial charge is 0.223 e. The Balaban J connectivity index is 1.20. The summed E-state index contributed by atoms with van der Waals surface area (Å²) >= 11 is 1.81. The van der Waals surface area contributed by atoms with Gasteiger partial charge in [-0.3, -0.25) is 4.79 Å². The molecule has 5 rings (SSSR count). The third kappa shape index (κ3) is 3.15. The lowest BCUT2D eigenvalue weighted by atomic mass is 9.92. The van der Waals surface area contributed by atoms with Gasteiger partial charge in [0.15, 0.2) is 17.0 Å². The number of fused-ring (bicyclic) bond motifs is 2. The van der Waals surface area contributed by atoms with Gasteiger partial charge >= 0.3 is 0 Å². The molecule has 0 spiro atoms. The molecule has 0 N–H and O–H groups in total. The number of carbonyl (C=O) groups excluding carboxylic acids is 1. The molecular weight excluding hydrogens is 372 g/mol. The van der Waals surface area contributed by atoms with Crippen LogP contribution in [0, 0.1) is 5.92 Å². The Morgan fingerprint density at radius 2 is 2.07 bits per heavy atom. The molecule has 0 aliphatic carbocycles. The summed E-state index contributed by atoms with van der Waals surface area (Å²) in [5.74, 6) is 1.68. The summed E-state index contributed by atoms with van der Waals surface area (Å²) in [5, 5.41) is 2.14. The third-order valence-electron chi connectivity index (χ3n) is 6.02. The van der Waals surface area contributed by atoms with Crippen LogP contribution >= 0.6 is 11.3 Å².